The molecule has 5 heteroatoms. The molecule has 1 fully saturated rings. The van der Waals surface area contributed by atoms with Crippen LogP contribution in [-0.2, 0) is 20.9 Å². The van der Waals surface area contributed by atoms with Gasteiger partial charge in [0.1, 0.15) is 0 Å². The van der Waals surface area contributed by atoms with Crippen LogP contribution in [0.15, 0.2) is 42.5 Å². The first-order valence-electron chi connectivity index (χ1n) is 7.97. The molecule has 0 aromatic heterocycles. The predicted molar refractivity (Wildman–Crippen MR) is 84.5 cm³/mol. The number of carboxylic acids is 1. The topological polar surface area (TPSA) is 75.6 Å². The summed E-state index contributed by atoms with van der Waals surface area (Å²) in [4.78, 5) is 23.7. The number of ether oxygens (including phenoxy) is 1. The molecule has 5 nitrogen and oxygen atoms in total. The average Bonchev–Trinajstić information content (AvgIpc) is 3.16. The van der Waals surface area contributed by atoms with E-state index in [-0.39, 0.29) is 17.7 Å². The third-order valence-electron chi connectivity index (χ3n) is 4.70. The zero-order chi connectivity index (χ0) is 16.2. The molecule has 122 valence electrons. The van der Waals surface area contributed by atoms with Crippen molar-refractivity contribution in [2.24, 2.45) is 23.7 Å². The van der Waals surface area contributed by atoms with Crippen LogP contribution < -0.4 is 5.32 Å². The van der Waals surface area contributed by atoms with Gasteiger partial charge in [-0.05, 0) is 23.8 Å². The molecule has 1 aromatic rings. The largest absolute Gasteiger partial charge is 0.481 e. The van der Waals surface area contributed by atoms with Gasteiger partial charge < -0.3 is 15.2 Å². The van der Waals surface area contributed by atoms with E-state index in [0.29, 0.717) is 19.8 Å². The molecule has 1 saturated carbocycles. The molecule has 2 N–H and O–H groups in total. The smallest absolute Gasteiger partial charge is 0.307 e. The van der Waals surface area contributed by atoms with Crippen LogP contribution in [0.25, 0.3) is 0 Å². The van der Waals surface area contributed by atoms with E-state index in [4.69, 9.17) is 4.74 Å². The maximum atomic E-state index is 12.3. The first-order valence-corrected chi connectivity index (χ1v) is 7.97. The van der Waals surface area contributed by atoms with Crippen molar-refractivity contribution in [1.82, 2.24) is 5.32 Å². The van der Waals surface area contributed by atoms with Crippen molar-refractivity contribution in [3.8, 4) is 0 Å². The Balaban J connectivity index is 1.43. The number of carbonyl (C=O) groups excluding carboxylic acids is 1. The number of rotatable bonds is 7. The van der Waals surface area contributed by atoms with E-state index in [0.717, 1.165) is 12.0 Å². The van der Waals surface area contributed by atoms with E-state index < -0.39 is 17.8 Å². The maximum Gasteiger partial charge on any atom is 0.307 e. The lowest BCUT2D eigenvalue weighted by atomic mass is 9.82. The van der Waals surface area contributed by atoms with Gasteiger partial charge in [0.05, 0.1) is 25.0 Å². The first-order chi connectivity index (χ1) is 11.2. The summed E-state index contributed by atoms with van der Waals surface area (Å²) in [5.74, 6) is -2.01. The third kappa shape index (κ3) is 3.45. The molecule has 2 aliphatic rings. The second-order valence-corrected chi connectivity index (χ2v) is 6.17. The second-order valence-electron chi connectivity index (χ2n) is 6.17. The van der Waals surface area contributed by atoms with Gasteiger partial charge in [-0.25, -0.2) is 0 Å². The number of allylic oxidation sites excluding steroid dienone is 2. The molecule has 0 heterocycles. The Morgan fingerprint density at radius 3 is 2.52 bits per heavy atom. The van der Waals surface area contributed by atoms with Crippen LogP contribution in [0.2, 0.25) is 0 Å². The fourth-order valence-corrected chi connectivity index (χ4v) is 3.64. The fourth-order valence-electron chi connectivity index (χ4n) is 3.64. The standard InChI is InChI=1S/C18H21NO4/c20-17(15-13-6-7-14(10-13)16(15)18(21)22)19-8-9-23-11-12-4-2-1-3-5-12/h1-7,13-16H,8-11H2,(H,19,20)(H,21,22)/t13-,14-,15-,16-/m0/s1. The highest BCUT2D eigenvalue weighted by Crippen LogP contribution is 2.48. The Labute approximate surface area is 135 Å². The summed E-state index contributed by atoms with van der Waals surface area (Å²) < 4.78 is 5.52. The lowest BCUT2D eigenvalue weighted by molar-refractivity contribution is -0.147. The highest BCUT2D eigenvalue weighted by atomic mass is 16.5. The number of hydrogen-bond acceptors (Lipinski definition) is 3. The average molecular weight is 315 g/mol. The summed E-state index contributed by atoms with van der Waals surface area (Å²) >= 11 is 0. The van der Waals surface area contributed by atoms with Crippen molar-refractivity contribution < 1.29 is 19.4 Å². The fraction of sp³-hybridized carbons (Fsp3) is 0.444. The molecule has 2 aliphatic carbocycles. The number of aliphatic carboxylic acids is 1. The monoisotopic (exact) mass is 315 g/mol. The van der Waals surface area contributed by atoms with Crippen molar-refractivity contribution in [2.45, 2.75) is 13.0 Å². The minimum Gasteiger partial charge on any atom is -0.481 e. The molecule has 1 aromatic carbocycles. The summed E-state index contributed by atoms with van der Waals surface area (Å²) in [6.07, 6.45) is 4.70. The van der Waals surface area contributed by atoms with E-state index in [2.05, 4.69) is 5.32 Å². The van der Waals surface area contributed by atoms with E-state index in [1.807, 2.05) is 42.5 Å². The molecule has 1 amide bonds. The number of fused-ring (bicyclic) bond motifs is 2. The number of carbonyl (C=O) groups is 2. The molecule has 3 rings (SSSR count). The van der Waals surface area contributed by atoms with Crippen LogP contribution in [-0.4, -0.2) is 30.1 Å². The second kappa shape index (κ2) is 6.96. The maximum absolute atomic E-state index is 12.3. The van der Waals surface area contributed by atoms with Gasteiger partial charge >= 0.3 is 5.97 Å². The van der Waals surface area contributed by atoms with Crippen LogP contribution in [0.1, 0.15) is 12.0 Å². The third-order valence-corrected chi connectivity index (χ3v) is 4.70. The van der Waals surface area contributed by atoms with Gasteiger partial charge in [0, 0.05) is 6.54 Å². The first kappa shape index (κ1) is 15.7. The Hall–Kier alpha value is -2.14. The number of benzene rings is 1. The van der Waals surface area contributed by atoms with Crippen LogP contribution in [0.4, 0.5) is 0 Å². The Kier molecular flexibility index (Phi) is 4.76. The number of amides is 1. The molecule has 0 radical (unpaired) electrons. The quantitative estimate of drug-likeness (QED) is 0.595. The van der Waals surface area contributed by atoms with Gasteiger partial charge in [-0.3, -0.25) is 9.59 Å². The highest BCUT2D eigenvalue weighted by Gasteiger charge is 2.51. The van der Waals surface area contributed by atoms with Crippen molar-refractivity contribution >= 4 is 11.9 Å². The Morgan fingerprint density at radius 1 is 1.13 bits per heavy atom. The minimum atomic E-state index is -0.873. The van der Waals surface area contributed by atoms with Gasteiger partial charge in [0.25, 0.3) is 0 Å². The lowest BCUT2D eigenvalue weighted by Gasteiger charge is -2.23. The zero-order valence-electron chi connectivity index (χ0n) is 12.9. The van der Waals surface area contributed by atoms with E-state index in [1.54, 1.807) is 0 Å². The Bertz CT molecular complexity index is 598. The summed E-state index contributed by atoms with van der Waals surface area (Å²) in [6, 6.07) is 9.83. The predicted octanol–water partition coefficient (Wildman–Crippen LogP) is 1.84. The van der Waals surface area contributed by atoms with Gasteiger partial charge in [-0.2, -0.15) is 0 Å². The van der Waals surface area contributed by atoms with Crippen LogP contribution in [0.3, 0.4) is 0 Å². The number of nitrogens with one attached hydrogen (secondary N) is 1. The van der Waals surface area contributed by atoms with Gasteiger partial charge in [0.2, 0.25) is 5.91 Å². The summed E-state index contributed by atoms with van der Waals surface area (Å²) in [7, 11) is 0. The zero-order valence-corrected chi connectivity index (χ0v) is 12.9. The number of hydrogen-bond donors (Lipinski definition) is 2. The SMILES string of the molecule is O=C(O)[C@@H]1[C@@H](C(=O)NCCOCc2ccccc2)[C@H]2C=C[C@H]1C2. The van der Waals surface area contributed by atoms with Gasteiger partial charge in [-0.15, -0.1) is 0 Å². The molecule has 0 unspecified atom stereocenters. The van der Waals surface area contributed by atoms with Crippen LogP contribution in [0, 0.1) is 23.7 Å². The summed E-state index contributed by atoms with van der Waals surface area (Å²) in [5, 5.41) is 12.2. The van der Waals surface area contributed by atoms with E-state index >= 15 is 0 Å². The van der Waals surface area contributed by atoms with Crippen LogP contribution in [0.5, 0.6) is 0 Å². The summed E-state index contributed by atoms with van der Waals surface area (Å²) in [5.41, 5.74) is 1.09. The Morgan fingerprint density at radius 2 is 1.83 bits per heavy atom. The van der Waals surface area contributed by atoms with Crippen LogP contribution >= 0.6 is 0 Å². The minimum absolute atomic E-state index is 0.00239. The molecule has 23 heavy (non-hydrogen) atoms. The highest BCUT2D eigenvalue weighted by molar-refractivity contribution is 5.86. The van der Waals surface area contributed by atoms with Crippen molar-refractivity contribution in [1.29, 1.82) is 0 Å². The van der Waals surface area contributed by atoms with Crippen molar-refractivity contribution in [2.75, 3.05) is 13.2 Å². The van der Waals surface area contributed by atoms with Crippen molar-refractivity contribution in [3.05, 3.63) is 48.0 Å². The van der Waals surface area contributed by atoms with E-state index in [1.165, 1.54) is 0 Å². The molecular formula is C18H21NO4. The number of carboxylic acid groups (broad SMARTS) is 1. The molecule has 0 spiro atoms. The van der Waals surface area contributed by atoms with E-state index in [9.17, 15) is 14.7 Å². The van der Waals surface area contributed by atoms with Gasteiger partial charge in [0.15, 0.2) is 0 Å². The lowest BCUT2D eigenvalue weighted by Crippen LogP contribution is -2.41. The van der Waals surface area contributed by atoms with Gasteiger partial charge in [-0.1, -0.05) is 42.5 Å². The molecule has 2 bridgehead atoms. The molecule has 0 aliphatic heterocycles. The molecule has 4 atom stereocenters. The van der Waals surface area contributed by atoms with Crippen molar-refractivity contribution in [3.63, 3.8) is 0 Å². The molecule has 0 saturated heterocycles. The molecular weight excluding hydrogens is 294 g/mol. The summed E-state index contributed by atoms with van der Waals surface area (Å²) in [6.45, 7) is 1.32. The normalized spacial score (nSPS) is 28.0.